The predicted molar refractivity (Wildman–Crippen MR) is 69.0 cm³/mol. The number of rotatable bonds is 4. The number of hydrogen-bond acceptors (Lipinski definition) is 2. The van der Waals surface area contributed by atoms with Crippen LogP contribution in [0.15, 0.2) is 0 Å². The minimum Gasteiger partial charge on any atom is -0.388 e. The van der Waals surface area contributed by atoms with Gasteiger partial charge in [0.1, 0.15) is 0 Å². The summed E-state index contributed by atoms with van der Waals surface area (Å²) in [6.45, 7) is 5.95. The Bertz CT molecular complexity index is 232. The molecule has 0 atom stereocenters. The predicted octanol–water partition coefficient (Wildman–Crippen LogP) is 2.12. The number of carbonyl (C=O) groups excluding carboxylic acids is 1. The molecule has 0 saturated carbocycles. The molecule has 2 amide bonds. The van der Waals surface area contributed by atoms with E-state index in [1.165, 1.54) is 12.8 Å². The third-order valence-corrected chi connectivity index (χ3v) is 3.78. The van der Waals surface area contributed by atoms with Gasteiger partial charge in [-0.25, -0.2) is 4.79 Å². The molecule has 1 saturated heterocycles. The molecule has 1 heterocycles. The van der Waals surface area contributed by atoms with Gasteiger partial charge in [-0.05, 0) is 25.7 Å². The van der Waals surface area contributed by atoms with E-state index in [4.69, 9.17) is 0 Å². The lowest BCUT2D eigenvalue weighted by Gasteiger charge is -2.28. The number of hydrogen-bond donors (Lipinski definition) is 2. The molecule has 1 rings (SSSR count). The van der Waals surface area contributed by atoms with Crippen LogP contribution >= 0.6 is 0 Å². The fourth-order valence-electron chi connectivity index (χ4n) is 2.13. The summed E-state index contributed by atoms with van der Waals surface area (Å²) in [6, 6.07) is -0.0211. The first-order chi connectivity index (χ1) is 8.11. The summed E-state index contributed by atoms with van der Waals surface area (Å²) in [6.07, 6.45) is 5.97. The quantitative estimate of drug-likeness (QED) is 0.793. The molecule has 1 fully saturated rings. The molecule has 1 aliphatic rings. The Kier molecular flexibility index (Phi) is 5.75. The zero-order valence-electron chi connectivity index (χ0n) is 11.2. The van der Waals surface area contributed by atoms with Crippen LogP contribution in [0.25, 0.3) is 0 Å². The monoisotopic (exact) mass is 242 g/mol. The van der Waals surface area contributed by atoms with E-state index in [-0.39, 0.29) is 6.03 Å². The first kappa shape index (κ1) is 14.3. The van der Waals surface area contributed by atoms with Crippen LogP contribution in [0.5, 0.6) is 0 Å². The van der Waals surface area contributed by atoms with Crippen molar-refractivity contribution in [1.29, 1.82) is 0 Å². The van der Waals surface area contributed by atoms with Crippen molar-refractivity contribution in [2.75, 3.05) is 19.6 Å². The molecule has 0 spiro atoms. The highest BCUT2D eigenvalue weighted by atomic mass is 16.3. The second-order valence-electron chi connectivity index (χ2n) is 4.99. The zero-order chi connectivity index (χ0) is 12.7. The van der Waals surface area contributed by atoms with Crippen LogP contribution in [-0.4, -0.2) is 41.3 Å². The van der Waals surface area contributed by atoms with Gasteiger partial charge in [0.25, 0.3) is 0 Å². The number of nitrogens with zero attached hydrogens (tertiary/aromatic N) is 1. The Morgan fingerprint density at radius 1 is 1.18 bits per heavy atom. The van der Waals surface area contributed by atoms with Gasteiger partial charge >= 0.3 is 6.03 Å². The molecule has 0 aromatic heterocycles. The molecule has 100 valence electrons. The molecular weight excluding hydrogens is 216 g/mol. The number of nitrogens with one attached hydrogen (secondary N) is 1. The van der Waals surface area contributed by atoms with Gasteiger partial charge < -0.3 is 15.3 Å². The van der Waals surface area contributed by atoms with E-state index < -0.39 is 5.60 Å². The van der Waals surface area contributed by atoms with Gasteiger partial charge in [-0.15, -0.1) is 0 Å². The molecule has 4 heteroatoms. The van der Waals surface area contributed by atoms with Crippen LogP contribution in [0.4, 0.5) is 4.79 Å². The van der Waals surface area contributed by atoms with E-state index in [9.17, 15) is 9.90 Å². The lowest BCUT2D eigenvalue weighted by Crippen LogP contribution is -2.47. The molecule has 0 aromatic carbocycles. The van der Waals surface area contributed by atoms with Crippen LogP contribution in [0.2, 0.25) is 0 Å². The smallest absolute Gasteiger partial charge is 0.317 e. The van der Waals surface area contributed by atoms with Crippen molar-refractivity contribution in [2.24, 2.45) is 0 Å². The van der Waals surface area contributed by atoms with Gasteiger partial charge in [-0.3, -0.25) is 0 Å². The summed E-state index contributed by atoms with van der Waals surface area (Å²) < 4.78 is 0. The number of likely N-dealkylation sites (tertiary alicyclic amines) is 1. The first-order valence-corrected chi connectivity index (χ1v) is 6.86. The van der Waals surface area contributed by atoms with Crippen molar-refractivity contribution < 1.29 is 9.90 Å². The normalized spacial score (nSPS) is 17.7. The Labute approximate surface area is 104 Å². The van der Waals surface area contributed by atoms with Crippen LogP contribution < -0.4 is 5.32 Å². The molecule has 1 aliphatic heterocycles. The molecule has 17 heavy (non-hydrogen) atoms. The SMILES string of the molecule is CCC(O)(CC)CNC(=O)N1CCCCCC1. The van der Waals surface area contributed by atoms with Crippen molar-refractivity contribution in [2.45, 2.75) is 58.0 Å². The molecule has 4 nitrogen and oxygen atoms in total. The Hall–Kier alpha value is -0.770. The third kappa shape index (κ3) is 4.54. The third-order valence-electron chi connectivity index (χ3n) is 3.78. The maximum atomic E-state index is 11.9. The molecule has 0 bridgehead atoms. The van der Waals surface area contributed by atoms with Crippen LogP contribution in [0.1, 0.15) is 52.4 Å². The number of urea groups is 1. The van der Waals surface area contributed by atoms with Gasteiger partial charge in [0, 0.05) is 19.6 Å². The van der Waals surface area contributed by atoms with Gasteiger partial charge in [0.05, 0.1) is 5.60 Å². The minimum absolute atomic E-state index is 0.0211. The first-order valence-electron chi connectivity index (χ1n) is 6.86. The van der Waals surface area contributed by atoms with Crippen LogP contribution in [0, 0.1) is 0 Å². The van der Waals surface area contributed by atoms with Crippen LogP contribution in [0.3, 0.4) is 0 Å². The lowest BCUT2D eigenvalue weighted by molar-refractivity contribution is 0.0336. The Balaban J connectivity index is 2.37. The highest BCUT2D eigenvalue weighted by molar-refractivity contribution is 5.74. The van der Waals surface area contributed by atoms with E-state index in [0.29, 0.717) is 19.4 Å². The van der Waals surface area contributed by atoms with Gasteiger partial charge in [-0.2, -0.15) is 0 Å². The second-order valence-corrected chi connectivity index (χ2v) is 4.99. The van der Waals surface area contributed by atoms with E-state index >= 15 is 0 Å². The van der Waals surface area contributed by atoms with Crippen LogP contribution in [-0.2, 0) is 0 Å². The standard InChI is InChI=1S/C13H26N2O2/c1-3-13(17,4-2)11-14-12(16)15-9-7-5-6-8-10-15/h17H,3-11H2,1-2H3,(H,14,16). The number of aliphatic hydroxyl groups is 1. The summed E-state index contributed by atoms with van der Waals surface area (Å²) in [4.78, 5) is 13.8. The van der Waals surface area contributed by atoms with Gasteiger partial charge in [0.15, 0.2) is 0 Å². The molecule has 0 unspecified atom stereocenters. The highest BCUT2D eigenvalue weighted by Gasteiger charge is 2.24. The molecule has 0 aromatic rings. The molecule has 0 radical (unpaired) electrons. The van der Waals surface area contributed by atoms with Gasteiger partial charge in [0.2, 0.25) is 0 Å². The van der Waals surface area contributed by atoms with Crippen molar-refractivity contribution >= 4 is 6.03 Å². The average Bonchev–Trinajstić information content (AvgIpc) is 2.64. The average molecular weight is 242 g/mol. The number of amides is 2. The summed E-state index contributed by atoms with van der Waals surface area (Å²) in [5.41, 5.74) is -0.749. The fraction of sp³-hybridized carbons (Fsp3) is 0.923. The summed E-state index contributed by atoms with van der Waals surface area (Å²) in [5.74, 6) is 0. The zero-order valence-corrected chi connectivity index (χ0v) is 11.2. The van der Waals surface area contributed by atoms with E-state index in [1.807, 2.05) is 18.7 Å². The maximum Gasteiger partial charge on any atom is 0.317 e. The molecule has 2 N–H and O–H groups in total. The second kappa shape index (κ2) is 6.84. The largest absolute Gasteiger partial charge is 0.388 e. The van der Waals surface area contributed by atoms with E-state index in [2.05, 4.69) is 5.32 Å². The summed E-state index contributed by atoms with van der Waals surface area (Å²) in [7, 11) is 0. The topological polar surface area (TPSA) is 52.6 Å². The molecule has 0 aliphatic carbocycles. The Morgan fingerprint density at radius 2 is 1.71 bits per heavy atom. The summed E-state index contributed by atoms with van der Waals surface area (Å²) >= 11 is 0. The highest BCUT2D eigenvalue weighted by Crippen LogP contribution is 2.14. The van der Waals surface area contributed by atoms with Crippen molar-refractivity contribution in [3.8, 4) is 0 Å². The van der Waals surface area contributed by atoms with E-state index in [0.717, 1.165) is 25.9 Å². The maximum absolute atomic E-state index is 11.9. The van der Waals surface area contributed by atoms with Crippen molar-refractivity contribution in [3.63, 3.8) is 0 Å². The summed E-state index contributed by atoms with van der Waals surface area (Å²) in [5, 5.41) is 13.0. The Morgan fingerprint density at radius 3 is 2.18 bits per heavy atom. The van der Waals surface area contributed by atoms with Gasteiger partial charge in [-0.1, -0.05) is 26.7 Å². The number of carbonyl (C=O) groups is 1. The fourth-order valence-corrected chi connectivity index (χ4v) is 2.13. The van der Waals surface area contributed by atoms with E-state index in [1.54, 1.807) is 0 Å². The van der Waals surface area contributed by atoms with Crippen molar-refractivity contribution in [1.82, 2.24) is 10.2 Å². The molecular formula is C13H26N2O2. The van der Waals surface area contributed by atoms with Crippen molar-refractivity contribution in [3.05, 3.63) is 0 Å². The minimum atomic E-state index is -0.749. The lowest BCUT2D eigenvalue weighted by atomic mass is 9.98.